The second-order valence-corrected chi connectivity index (χ2v) is 5.39. The van der Waals surface area contributed by atoms with Crippen molar-refractivity contribution < 1.29 is 14.3 Å². The van der Waals surface area contributed by atoms with E-state index in [1.165, 1.54) is 7.11 Å². The highest BCUT2D eigenvalue weighted by Crippen LogP contribution is 2.37. The lowest BCUT2D eigenvalue weighted by atomic mass is 9.98. The summed E-state index contributed by atoms with van der Waals surface area (Å²) in [4.78, 5) is 23.7. The maximum absolute atomic E-state index is 11.9. The smallest absolute Gasteiger partial charge is 0.341 e. The first-order valence-corrected chi connectivity index (χ1v) is 6.16. The van der Waals surface area contributed by atoms with E-state index in [2.05, 4.69) is 26.6 Å². The van der Waals surface area contributed by atoms with Gasteiger partial charge in [0.15, 0.2) is 0 Å². The molecular formula is C12H13BrN2O3. The maximum atomic E-state index is 11.9. The average Bonchev–Trinajstić information content (AvgIpc) is 2.30. The van der Waals surface area contributed by atoms with Gasteiger partial charge >= 0.3 is 5.97 Å². The van der Waals surface area contributed by atoms with Crippen molar-refractivity contribution in [3.05, 3.63) is 22.2 Å². The maximum Gasteiger partial charge on any atom is 0.341 e. The number of carbonyl (C=O) groups excluding carboxylic acids is 2. The number of halogens is 1. The SMILES string of the molecule is COC(=O)c1c(Br)ccc2c1NC(=O)C(C)(C)N2. The molecule has 0 bridgehead atoms. The van der Waals surface area contributed by atoms with Gasteiger partial charge < -0.3 is 15.4 Å². The minimum absolute atomic E-state index is 0.196. The number of methoxy groups -OCH3 is 1. The molecule has 2 N–H and O–H groups in total. The number of carbonyl (C=O) groups is 2. The molecule has 0 unspecified atom stereocenters. The minimum Gasteiger partial charge on any atom is -0.465 e. The number of fused-ring (bicyclic) bond motifs is 1. The highest BCUT2D eigenvalue weighted by atomic mass is 79.9. The van der Waals surface area contributed by atoms with Crippen molar-refractivity contribution in [3.63, 3.8) is 0 Å². The molecule has 6 heteroatoms. The Kier molecular flexibility index (Phi) is 3.06. The van der Waals surface area contributed by atoms with Crippen LogP contribution < -0.4 is 10.6 Å². The molecule has 2 rings (SSSR count). The van der Waals surface area contributed by atoms with Crippen LogP contribution in [0.2, 0.25) is 0 Å². The molecule has 0 atom stereocenters. The summed E-state index contributed by atoms with van der Waals surface area (Å²) in [5.74, 6) is -0.696. The lowest BCUT2D eigenvalue weighted by Crippen LogP contribution is -2.48. The summed E-state index contributed by atoms with van der Waals surface area (Å²) < 4.78 is 5.30. The zero-order valence-corrected chi connectivity index (χ0v) is 11.8. The normalized spacial score (nSPS) is 16.3. The molecule has 1 heterocycles. The monoisotopic (exact) mass is 312 g/mol. The highest BCUT2D eigenvalue weighted by Gasteiger charge is 2.35. The predicted molar refractivity (Wildman–Crippen MR) is 71.8 cm³/mol. The van der Waals surface area contributed by atoms with Crippen molar-refractivity contribution in [2.75, 3.05) is 17.7 Å². The van der Waals surface area contributed by atoms with Gasteiger partial charge in [-0.15, -0.1) is 0 Å². The van der Waals surface area contributed by atoms with Gasteiger partial charge in [-0.3, -0.25) is 4.79 Å². The van der Waals surface area contributed by atoms with Crippen molar-refractivity contribution in [2.24, 2.45) is 0 Å². The molecular weight excluding hydrogens is 300 g/mol. The third-order valence-electron chi connectivity index (χ3n) is 2.80. The molecule has 0 saturated carbocycles. The van der Waals surface area contributed by atoms with Gasteiger partial charge in [-0.25, -0.2) is 4.79 Å². The van der Waals surface area contributed by atoms with E-state index in [-0.39, 0.29) is 5.91 Å². The fourth-order valence-electron chi connectivity index (χ4n) is 1.78. The number of esters is 1. The standard InChI is InChI=1S/C12H13BrN2O3/c1-12(2)11(17)14-9-7(15-12)5-4-6(13)8(9)10(16)18-3/h4-5,15H,1-3H3,(H,14,17). The van der Waals surface area contributed by atoms with Gasteiger partial charge in [-0.05, 0) is 41.9 Å². The summed E-state index contributed by atoms with van der Waals surface area (Å²) in [6, 6.07) is 3.54. The number of anilines is 2. The van der Waals surface area contributed by atoms with E-state index in [0.29, 0.717) is 21.4 Å². The van der Waals surface area contributed by atoms with Crippen LogP contribution >= 0.6 is 15.9 Å². The largest absolute Gasteiger partial charge is 0.465 e. The third kappa shape index (κ3) is 1.96. The van der Waals surface area contributed by atoms with Gasteiger partial charge in [0.2, 0.25) is 5.91 Å². The summed E-state index contributed by atoms with van der Waals surface area (Å²) in [6.45, 7) is 3.54. The fraction of sp³-hybridized carbons (Fsp3) is 0.333. The Hall–Kier alpha value is -1.56. The summed E-state index contributed by atoms with van der Waals surface area (Å²) in [6.07, 6.45) is 0. The van der Waals surface area contributed by atoms with Crippen LogP contribution in [-0.2, 0) is 9.53 Å². The number of amides is 1. The molecule has 0 aromatic heterocycles. The molecule has 1 amide bonds. The van der Waals surface area contributed by atoms with E-state index in [0.717, 1.165) is 0 Å². The van der Waals surface area contributed by atoms with Crippen LogP contribution in [0.25, 0.3) is 0 Å². The molecule has 1 aromatic carbocycles. The van der Waals surface area contributed by atoms with Gasteiger partial charge in [0.1, 0.15) is 5.54 Å². The Labute approximate surface area is 113 Å². The Morgan fingerprint density at radius 2 is 2.06 bits per heavy atom. The van der Waals surface area contributed by atoms with Crippen molar-refractivity contribution in [1.29, 1.82) is 0 Å². The molecule has 5 nitrogen and oxygen atoms in total. The van der Waals surface area contributed by atoms with Gasteiger partial charge in [0, 0.05) is 4.47 Å². The molecule has 0 aliphatic carbocycles. The van der Waals surface area contributed by atoms with E-state index < -0.39 is 11.5 Å². The molecule has 0 spiro atoms. The van der Waals surface area contributed by atoms with Crippen LogP contribution in [-0.4, -0.2) is 24.5 Å². The number of ether oxygens (including phenoxy) is 1. The van der Waals surface area contributed by atoms with Crippen molar-refractivity contribution in [1.82, 2.24) is 0 Å². The Morgan fingerprint density at radius 3 is 2.67 bits per heavy atom. The fourth-order valence-corrected chi connectivity index (χ4v) is 2.27. The van der Waals surface area contributed by atoms with Crippen molar-refractivity contribution in [3.8, 4) is 0 Å². The van der Waals surface area contributed by atoms with Crippen molar-refractivity contribution in [2.45, 2.75) is 19.4 Å². The van der Waals surface area contributed by atoms with E-state index in [4.69, 9.17) is 4.74 Å². The quantitative estimate of drug-likeness (QED) is 0.781. The summed E-state index contributed by atoms with van der Waals surface area (Å²) in [5, 5.41) is 5.83. The number of nitrogens with one attached hydrogen (secondary N) is 2. The first kappa shape index (κ1) is 12.9. The van der Waals surface area contributed by atoms with Crippen molar-refractivity contribution >= 4 is 39.2 Å². The number of rotatable bonds is 1. The van der Waals surface area contributed by atoms with Gasteiger partial charge in [0.05, 0.1) is 24.0 Å². The predicted octanol–water partition coefficient (Wildman–Crippen LogP) is 2.38. The molecule has 1 aliphatic heterocycles. The molecule has 0 radical (unpaired) electrons. The Balaban J connectivity index is 2.59. The number of hydrogen-bond acceptors (Lipinski definition) is 4. The summed E-state index contributed by atoms with van der Waals surface area (Å²) in [5.41, 5.74) is 0.740. The van der Waals surface area contributed by atoms with E-state index in [9.17, 15) is 9.59 Å². The second kappa shape index (κ2) is 4.28. The average molecular weight is 313 g/mol. The van der Waals surface area contributed by atoms with Crippen LogP contribution in [0.1, 0.15) is 24.2 Å². The first-order valence-electron chi connectivity index (χ1n) is 5.37. The number of hydrogen-bond donors (Lipinski definition) is 2. The lowest BCUT2D eigenvalue weighted by molar-refractivity contribution is -0.119. The zero-order valence-electron chi connectivity index (χ0n) is 10.3. The van der Waals surface area contributed by atoms with Gasteiger partial charge in [-0.1, -0.05) is 0 Å². The van der Waals surface area contributed by atoms with Gasteiger partial charge in [0.25, 0.3) is 0 Å². The summed E-state index contributed by atoms with van der Waals surface area (Å²) >= 11 is 3.29. The van der Waals surface area contributed by atoms with Crippen LogP contribution in [0, 0.1) is 0 Å². The van der Waals surface area contributed by atoms with Crippen LogP contribution in [0.4, 0.5) is 11.4 Å². The molecule has 1 aliphatic rings. The highest BCUT2D eigenvalue weighted by molar-refractivity contribution is 9.10. The van der Waals surface area contributed by atoms with Crippen LogP contribution in [0.15, 0.2) is 16.6 Å². The number of benzene rings is 1. The topological polar surface area (TPSA) is 67.4 Å². The first-order chi connectivity index (χ1) is 8.36. The molecule has 0 fully saturated rings. The van der Waals surface area contributed by atoms with E-state index >= 15 is 0 Å². The Bertz CT molecular complexity index is 540. The van der Waals surface area contributed by atoms with E-state index in [1.807, 2.05) is 0 Å². The molecule has 96 valence electrons. The lowest BCUT2D eigenvalue weighted by Gasteiger charge is -2.33. The van der Waals surface area contributed by atoms with Gasteiger partial charge in [-0.2, -0.15) is 0 Å². The third-order valence-corrected chi connectivity index (χ3v) is 3.46. The molecule has 18 heavy (non-hydrogen) atoms. The van der Waals surface area contributed by atoms with Crippen LogP contribution in [0.3, 0.4) is 0 Å². The molecule has 1 aromatic rings. The Morgan fingerprint density at radius 1 is 1.39 bits per heavy atom. The van der Waals surface area contributed by atoms with Crippen LogP contribution in [0.5, 0.6) is 0 Å². The zero-order chi connectivity index (χ0) is 13.5. The summed E-state index contributed by atoms with van der Waals surface area (Å²) in [7, 11) is 1.30. The minimum atomic E-state index is -0.714. The second-order valence-electron chi connectivity index (χ2n) is 4.54. The van der Waals surface area contributed by atoms with E-state index in [1.54, 1.807) is 26.0 Å². The molecule has 0 saturated heterocycles.